The monoisotopic (exact) mass is 256 g/mol. The molecule has 2 aromatic rings. The van der Waals surface area contributed by atoms with Crippen molar-refractivity contribution in [2.24, 2.45) is 0 Å². The molecule has 0 aliphatic heterocycles. The van der Waals surface area contributed by atoms with Crippen LogP contribution >= 0.6 is 0 Å². The van der Waals surface area contributed by atoms with Gasteiger partial charge in [0.15, 0.2) is 0 Å². The van der Waals surface area contributed by atoms with E-state index in [2.05, 4.69) is 42.2 Å². The highest BCUT2D eigenvalue weighted by molar-refractivity contribution is 5.80. The highest BCUT2D eigenvalue weighted by atomic mass is 14.9. The van der Waals surface area contributed by atoms with E-state index in [0.29, 0.717) is 0 Å². The van der Waals surface area contributed by atoms with Crippen molar-refractivity contribution >= 4 is 12.2 Å². The quantitative estimate of drug-likeness (QED) is 0.798. The van der Waals surface area contributed by atoms with Gasteiger partial charge in [0.1, 0.15) is 5.82 Å². The molecule has 0 spiro atoms. The van der Waals surface area contributed by atoms with Crippen molar-refractivity contribution in [2.75, 3.05) is 0 Å². The predicted molar refractivity (Wildman–Crippen MR) is 87.1 cm³/mol. The van der Waals surface area contributed by atoms with Crippen molar-refractivity contribution in [3.8, 4) is 11.3 Å². The number of aryl methyl sites for hydroxylation is 2. The number of H-pyrrole nitrogens is 1. The van der Waals surface area contributed by atoms with E-state index in [0.717, 1.165) is 28.2 Å². The maximum atomic E-state index is 4.23. The third-order valence-electron chi connectivity index (χ3n) is 2.91. The van der Waals surface area contributed by atoms with Crippen LogP contribution in [0.25, 0.3) is 23.4 Å². The van der Waals surface area contributed by atoms with Gasteiger partial charge in [-0.05, 0) is 30.5 Å². The number of imidazole rings is 1. The van der Waals surface area contributed by atoms with Crippen molar-refractivity contribution in [3.05, 3.63) is 54.0 Å². The van der Waals surface area contributed by atoms with Gasteiger partial charge >= 0.3 is 0 Å². The lowest BCUT2D eigenvalue weighted by Gasteiger charge is -2.10. The van der Waals surface area contributed by atoms with Gasteiger partial charge < -0.3 is 4.98 Å². The summed E-state index contributed by atoms with van der Waals surface area (Å²) in [6.07, 6.45) is 5.59. The lowest BCUT2D eigenvalue weighted by Crippen LogP contribution is -1.91. The molecular weight excluding hydrogens is 232 g/mol. The lowest BCUT2D eigenvalue weighted by atomic mass is 9.95. The average Bonchev–Trinajstić information content (AvgIpc) is 2.87. The summed E-state index contributed by atoms with van der Waals surface area (Å²) in [5.41, 5.74) is 5.56. The summed E-state index contributed by atoms with van der Waals surface area (Å²) in [5, 5.41) is 0. The number of aromatic nitrogens is 2. The van der Waals surface area contributed by atoms with Gasteiger partial charge in [-0.1, -0.05) is 51.3 Å². The number of nitrogens with zero attached hydrogens (tertiary/aromatic N) is 1. The van der Waals surface area contributed by atoms with Gasteiger partial charge in [-0.15, -0.1) is 0 Å². The number of rotatable bonds is 3. The smallest absolute Gasteiger partial charge is 0.103 e. The predicted octanol–water partition coefficient (Wildman–Crippen LogP) is 5.25. The normalized spacial score (nSPS) is 9.47. The molecule has 1 heterocycles. The second kappa shape index (κ2) is 6.74. The molecule has 0 bridgehead atoms. The highest BCUT2D eigenvalue weighted by Gasteiger charge is 2.09. The lowest BCUT2D eigenvalue weighted by molar-refractivity contribution is 1.15. The Balaban J connectivity index is 0.00000115. The van der Waals surface area contributed by atoms with Crippen molar-refractivity contribution in [3.63, 3.8) is 0 Å². The van der Waals surface area contributed by atoms with Gasteiger partial charge in [0.2, 0.25) is 0 Å². The zero-order valence-corrected chi connectivity index (χ0v) is 12.2. The molecule has 0 amide bonds. The largest absolute Gasteiger partial charge is 0.342 e. The van der Waals surface area contributed by atoms with Crippen LogP contribution in [0.4, 0.5) is 0 Å². The Hall–Kier alpha value is -2.09. The van der Waals surface area contributed by atoms with Crippen molar-refractivity contribution in [2.45, 2.75) is 27.7 Å². The number of nitrogens with one attached hydrogen (secondary N) is 1. The maximum absolute atomic E-state index is 4.23. The number of hydrogen-bond acceptors (Lipinski definition) is 1. The molecule has 0 aliphatic carbocycles. The summed E-state index contributed by atoms with van der Waals surface area (Å²) in [7, 11) is 0. The van der Waals surface area contributed by atoms with E-state index in [-0.39, 0.29) is 1.43 Å². The molecule has 1 aromatic carbocycles. The summed E-state index contributed by atoms with van der Waals surface area (Å²) in [4.78, 5) is 7.48. The SMILES string of the molecule is C=Cc1c(C)ccc(-c2cnc(C)[nH]2)c1C=C.CC.[HH]. The molecule has 2 rings (SSSR count). The Bertz CT molecular complexity index is 583. The molecule has 0 aliphatic rings. The van der Waals surface area contributed by atoms with E-state index in [1.165, 1.54) is 5.56 Å². The van der Waals surface area contributed by atoms with E-state index in [1.54, 1.807) is 0 Å². The molecule has 1 aromatic heterocycles. The highest BCUT2D eigenvalue weighted by Crippen LogP contribution is 2.28. The van der Waals surface area contributed by atoms with E-state index >= 15 is 0 Å². The first-order valence-electron chi connectivity index (χ1n) is 6.58. The fourth-order valence-electron chi connectivity index (χ4n) is 2.03. The van der Waals surface area contributed by atoms with Gasteiger partial charge in [0.05, 0.1) is 11.9 Å². The Morgan fingerprint density at radius 1 is 1.11 bits per heavy atom. The second-order valence-electron chi connectivity index (χ2n) is 4.05. The van der Waals surface area contributed by atoms with Crippen LogP contribution in [-0.4, -0.2) is 9.97 Å². The van der Waals surface area contributed by atoms with E-state index < -0.39 is 0 Å². The van der Waals surface area contributed by atoms with Crippen molar-refractivity contribution in [1.82, 2.24) is 9.97 Å². The minimum atomic E-state index is 0. The first kappa shape index (κ1) is 15.0. The van der Waals surface area contributed by atoms with Gasteiger partial charge in [0, 0.05) is 6.99 Å². The number of hydrogen-bond donors (Lipinski definition) is 1. The van der Waals surface area contributed by atoms with Crippen LogP contribution in [0.5, 0.6) is 0 Å². The standard InChI is InChI=1S/C15H16N2.C2H6.H2/c1-5-12-10(3)7-8-14(13(12)6-2)15-9-16-11(4)17-15;1-2;/h5-9H,1-2H2,3-4H3,(H,16,17);1-2H3;1H. The summed E-state index contributed by atoms with van der Waals surface area (Å²) >= 11 is 0. The van der Waals surface area contributed by atoms with Crippen molar-refractivity contribution < 1.29 is 1.43 Å². The molecule has 0 atom stereocenters. The van der Waals surface area contributed by atoms with Crippen LogP contribution < -0.4 is 0 Å². The second-order valence-corrected chi connectivity index (χ2v) is 4.05. The molecule has 19 heavy (non-hydrogen) atoms. The van der Waals surface area contributed by atoms with Crippen LogP contribution in [0.1, 0.15) is 37.8 Å². The van der Waals surface area contributed by atoms with Crippen LogP contribution in [0, 0.1) is 13.8 Å². The summed E-state index contributed by atoms with van der Waals surface area (Å²) in [5.74, 6) is 0.913. The maximum Gasteiger partial charge on any atom is 0.103 e. The molecule has 0 radical (unpaired) electrons. The van der Waals surface area contributed by atoms with Gasteiger partial charge in [0.25, 0.3) is 0 Å². The van der Waals surface area contributed by atoms with Crippen LogP contribution in [0.15, 0.2) is 31.5 Å². The fourth-order valence-corrected chi connectivity index (χ4v) is 2.03. The van der Waals surface area contributed by atoms with Gasteiger partial charge in [-0.2, -0.15) is 0 Å². The molecule has 0 fully saturated rings. The molecule has 1 N–H and O–H groups in total. The minimum absolute atomic E-state index is 0. The van der Waals surface area contributed by atoms with Crippen LogP contribution in [-0.2, 0) is 0 Å². The van der Waals surface area contributed by atoms with E-state index in [1.807, 2.05) is 39.1 Å². The zero-order chi connectivity index (χ0) is 14.4. The Morgan fingerprint density at radius 3 is 2.21 bits per heavy atom. The Labute approximate surface area is 117 Å². The van der Waals surface area contributed by atoms with E-state index in [9.17, 15) is 0 Å². The van der Waals surface area contributed by atoms with Gasteiger partial charge in [-0.25, -0.2) is 4.98 Å². The third-order valence-corrected chi connectivity index (χ3v) is 2.91. The fraction of sp³-hybridized carbons (Fsp3) is 0.235. The number of benzene rings is 1. The zero-order valence-electron chi connectivity index (χ0n) is 12.2. The summed E-state index contributed by atoms with van der Waals surface area (Å²) in [6, 6.07) is 4.18. The van der Waals surface area contributed by atoms with Gasteiger partial charge in [-0.3, -0.25) is 0 Å². The first-order chi connectivity index (χ1) is 9.17. The molecule has 0 saturated carbocycles. The molecular formula is C17H24N2. The third kappa shape index (κ3) is 3.02. The molecule has 102 valence electrons. The summed E-state index contributed by atoms with van der Waals surface area (Å²) in [6.45, 7) is 15.8. The summed E-state index contributed by atoms with van der Waals surface area (Å²) < 4.78 is 0. The molecule has 0 unspecified atom stereocenters. The van der Waals surface area contributed by atoms with Crippen LogP contribution in [0.2, 0.25) is 0 Å². The van der Waals surface area contributed by atoms with Crippen molar-refractivity contribution in [1.29, 1.82) is 0 Å². The number of aromatic amines is 1. The van der Waals surface area contributed by atoms with E-state index in [4.69, 9.17) is 0 Å². The topological polar surface area (TPSA) is 28.7 Å². The minimum Gasteiger partial charge on any atom is -0.342 e. The average molecular weight is 256 g/mol. The molecule has 0 saturated heterocycles. The first-order valence-corrected chi connectivity index (χ1v) is 6.58. The molecule has 2 heteroatoms. The molecule has 2 nitrogen and oxygen atoms in total. The van der Waals surface area contributed by atoms with Crippen LogP contribution in [0.3, 0.4) is 0 Å². The Kier molecular flexibility index (Phi) is 5.31. The Morgan fingerprint density at radius 2 is 1.74 bits per heavy atom.